The van der Waals surface area contributed by atoms with Crippen LogP contribution in [0.1, 0.15) is 42.7 Å². The zero-order valence-electron chi connectivity index (χ0n) is 15.1. The Morgan fingerprint density at radius 3 is 2.80 bits per heavy atom. The van der Waals surface area contributed by atoms with Crippen molar-refractivity contribution in [2.24, 2.45) is 5.92 Å². The number of anilines is 1. The first-order valence-electron chi connectivity index (χ1n) is 8.89. The van der Waals surface area contributed by atoms with Crippen molar-refractivity contribution in [1.29, 1.82) is 0 Å². The van der Waals surface area contributed by atoms with E-state index in [0.717, 1.165) is 42.2 Å². The number of ether oxygens (including phenoxy) is 1. The van der Waals surface area contributed by atoms with E-state index in [2.05, 4.69) is 15.1 Å². The van der Waals surface area contributed by atoms with Crippen molar-refractivity contribution in [1.82, 2.24) is 10.2 Å². The molecule has 25 heavy (non-hydrogen) atoms. The van der Waals surface area contributed by atoms with Gasteiger partial charge in [-0.15, -0.1) is 5.10 Å². The molecule has 5 nitrogen and oxygen atoms in total. The van der Waals surface area contributed by atoms with E-state index < -0.39 is 0 Å². The molecule has 0 N–H and O–H groups in total. The molecule has 0 aliphatic carbocycles. The van der Waals surface area contributed by atoms with Crippen LogP contribution in [0.15, 0.2) is 36.4 Å². The van der Waals surface area contributed by atoms with Crippen LogP contribution in [-0.2, 0) is 0 Å². The molecule has 3 rings (SSSR count). The van der Waals surface area contributed by atoms with Crippen molar-refractivity contribution < 1.29 is 9.53 Å². The number of hydrogen-bond donors (Lipinski definition) is 0. The number of Topliss-reactive ketones (excluding diaryl/α,β-unsaturated/α-hetero) is 1. The number of aromatic nitrogens is 2. The summed E-state index contributed by atoms with van der Waals surface area (Å²) < 4.78 is 5.71. The van der Waals surface area contributed by atoms with Crippen molar-refractivity contribution in [3.63, 3.8) is 0 Å². The van der Waals surface area contributed by atoms with Crippen LogP contribution in [0.3, 0.4) is 0 Å². The fraction of sp³-hybridized carbons (Fsp3) is 0.450. The Morgan fingerprint density at radius 1 is 1.24 bits per heavy atom. The van der Waals surface area contributed by atoms with Crippen LogP contribution in [0.5, 0.6) is 5.75 Å². The van der Waals surface area contributed by atoms with Crippen molar-refractivity contribution >= 4 is 11.6 Å². The number of piperidine rings is 1. The van der Waals surface area contributed by atoms with Crippen LogP contribution in [0.2, 0.25) is 0 Å². The fourth-order valence-electron chi connectivity index (χ4n) is 3.19. The molecule has 1 aromatic carbocycles. The molecule has 0 radical (unpaired) electrons. The minimum absolute atomic E-state index is 0.0221. The normalized spacial score (nSPS) is 17.6. The number of benzene rings is 1. The van der Waals surface area contributed by atoms with Gasteiger partial charge in [0.15, 0.2) is 11.6 Å². The Bertz CT molecular complexity index is 728. The number of aryl methyl sites for hydroxylation is 1. The maximum Gasteiger partial charge on any atom is 0.167 e. The van der Waals surface area contributed by atoms with Gasteiger partial charge in [0, 0.05) is 24.6 Å². The molecular weight excluding hydrogens is 314 g/mol. The highest BCUT2D eigenvalue weighted by Gasteiger charge is 2.27. The summed E-state index contributed by atoms with van der Waals surface area (Å²) in [5, 5.41) is 8.39. The Hall–Kier alpha value is -2.43. The summed E-state index contributed by atoms with van der Waals surface area (Å²) in [6.45, 7) is 7.49. The summed E-state index contributed by atoms with van der Waals surface area (Å²) in [6, 6.07) is 11.4. The van der Waals surface area contributed by atoms with Crippen LogP contribution >= 0.6 is 0 Å². The molecule has 0 bridgehead atoms. The standard InChI is InChI=1S/C20H25N3O2/c1-14(2)25-18-8-4-6-16(12-18)20(24)17-7-5-11-23(13-17)19-10-9-15(3)21-22-19/h4,6,8-10,12,14,17H,5,7,11,13H2,1-3H3. The lowest BCUT2D eigenvalue weighted by Gasteiger charge is -2.32. The second kappa shape index (κ2) is 7.64. The second-order valence-electron chi connectivity index (χ2n) is 6.88. The molecule has 132 valence electrons. The largest absolute Gasteiger partial charge is 0.491 e. The Labute approximate surface area is 149 Å². The van der Waals surface area contributed by atoms with Crippen LogP contribution in [-0.4, -0.2) is 35.2 Å². The number of carbonyl (C=O) groups excluding carboxylic acids is 1. The molecule has 1 aliphatic heterocycles. The zero-order valence-corrected chi connectivity index (χ0v) is 15.1. The zero-order chi connectivity index (χ0) is 17.8. The molecular formula is C20H25N3O2. The van der Waals surface area contributed by atoms with E-state index in [4.69, 9.17) is 4.74 Å². The summed E-state index contributed by atoms with van der Waals surface area (Å²) in [5.74, 6) is 1.75. The van der Waals surface area contributed by atoms with Crippen molar-refractivity contribution in [2.45, 2.75) is 39.7 Å². The van der Waals surface area contributed by atoms with Gasteiger partial charge in [-0.1, -0.05) is 12.1 Å². The van der Waals surface area contributed by atoms with Gasteiger partial charge in [0.05, 0.1) is 11.8 Å². The van der Waals surface area contributed by atoms with Gasteiger partial charge in [-0.05, 0) is 57.9 Å². The van der Waals surface area contributed by atoms with Gasteiger partial charge in [0.2, 0.25) is 0 Å². The van der Waals surface area contributed by atoms with Crippen LogP contribution in [0.4, 0.5) is 5.82 Å². The van der Waals surface area contributed by atoms with Crippen LogP contribution in [0, 0.1) is 12.8 Å². The molecule has 1 aromatic heterocycles. The smallest absolute Gasteiger partial charge is 0.167 e. The summed E-state index contributed by atoms with van der Waals surface area (Å²) >= 11 is 0. The van der Waals surface area contributed by atoms with Gasteiger partial charge in [-0.25, -0.2) is 0 Å². The lowest BCUT2D eigenvalue weighted by atomic mass is 9.90. The lowest BCUT2D eigenvalue weighted by molar-refractivity contribution is 0.0906. The van der Waals surface area contributed by atoms with E-state index in [0.29, 0.717) is 6.54 Å². The monoisotopic (exact) mass is 339 g/mol. The summed E-state index contributed by atoms with van der Waals surface area (Å²) in [7, 11) is 0. The predicted octanol–water partition coefficient (Wildman–Crippen LogP) is 3.67. The number of rotatable bonds is 5. The molecule has 2 aromatic rings. The van der Waals surface area contributed by atoms with E-state index in [-0.39, 0.29) is 17.8 Å². The SMILES string of the molecule is Cc1ccc(N2CCCC(C(=O)c3cccc(OC(C)C)c3)C2)nn1. The molecule has 1 atom stereocenters. The van der Waals surface area contributed by atoms with Crippen LogP contribution in [0.25, 0.3) is 0 Å². The van der Waals surface area contributed by atoms with E-state index in [1.165, 1.54) is 0 Å². The molecule has 1 unspecified atom stereocenters. The third-order valence-electron chi connectivity index (χ3n) is 4.39. The third kappa shape index (κ3) is 4.35. The first-order chi connectivity index (χ1) is 12.0. The second-order valence-corrected chi connectivity index (χ2v) is 6.88. The highest BCUT2D eigenvalue weighted by atomic mass is 16.5. The molecule has 0 spiro atoms. The van der Waals surface area contributed by atoms with Crippen LogP contribution < -0.4 is 9.64 Å². The minimum Gasteiger partial charge on any atom is -0.491 e. The average molecular weight is 339 g/mol. The summed E-state index contributed by atoms with van der Waals surface area (Å²) in [4.78, 5) is 15.1. The van der Waals surface area contributed by atoms with Crippen molar-refractivity contribution in [3.8, 4) is 5.75 Å². The minimum atomic E-state index is -0.0221. The van der Waals surface area contributed by atoms with Gasteiger partial charge in [0.25, 0.3) is 0 Å². The van der Waals surface area contributed by atoms with Crippen molar-refractivity contribution in [3.05, 3.63) is 47.7 Å². The lowest BCUT2D eigenvalue weighted by Crippen LogP contribution is -2.39. The third-order valence-corrected chi connectivity index (χ3v) is 4.39. The van der Waals surface area contributed by atoms with E-state index in [9.17, 15) is 4.79 Å². The first kappa shape index (κ1) is 17.4. The maximum absolute atomic E-state index is 13.0. The van der Waals surface area contributed by atoms with Gasteiger partial charge < -0.3 is 9.64 Å². The molecule has 0 amide bonds. The van der Waals surface area contributed by atoms with E-state index in [1.807, 2.05) is 57.2 Å². The van der Waals surface area contributed by atoms with E-state index >= 15 is 0 Å². The number of hydrogen-bond acceptors (Lipinski definition) is 5. The number of nitrogens with zero attached hydrogens (tertiary/aromatic N) is 3. The highest BCUT2D eigenvalue weighted by Crippen LogP contribution is 2.25. The average Bonchev–Trinajstić information content (AvgIpc) is 2.61. The summed E-state index contributed by atoms with van der Waals surface area (Å²) in [5.41, 5.74) is 1.62. The van der Waals surface area contributed by atoms with E-state index in [1.54, 1.807) is 0 Å². The highest BCUT2D eigenvalue weighted by molar-refractivity contribution is 5.98. The van der Waals surface area contributed by atoms with Crippen molar-refractivity contribution in [2.75, 3.05) is 18.0 Å². The predicted molar refractivity (Wildman–Crippen MR) is 98.2 cm³/mol. The summed E-state index contributed by atoms with van der Waals surface area (Å²) in [6.07, 6.45) is 1.98. The van der Waals surface area contributed by atoms with Gasteiger partial charge >= 0.3 is 0 Å². The molecule has 0 saturated carbocycles. The molecule has 1 saturated heterocycles. The first-order valence-corrected chi connectivity index (χ1v) is 8.89. The fourth-order valence-corrected chi connectivity index (χ4v) is 3.19. The molecule has 2 heterocycles. The quantitative estimate of drug-likeness (QED) is 0.778. The van der Waals surface area contributed by atoms with Gasteiger partial charge in [-0.2, -0.15) is 5.10 Å². The topological polar surface area (TPSA) is 55.3 Å². The Morgan fingerprint density at radius 2 is 2.08 bits per heavy atom. The molecule has 1 aliphatic rings. The van der Waals surface area contributed by atoms with Gasteiger partial charge in [-0.3, -0.25) is 4.79 Å². The molecule has 5 heteroatoms. The maximum atomic E-state index is 13.0. The Kier molecular flexibility index (Phi) is 5.31. The number of ketones is 1. The Balaban J connectivity index is 1.72. The van der Waals surface area contributed by atoms with Gasteiger partial charge in [0.1, 0.15) is 5.75 Å². The number of carbonyl (C=O) groups is 1. The molecule has 1 fully saturated rings.